The van der Waals surface area contributed by atoms with Crippen LogP contribution in [0.1, 0.15) is 21.8 Å². The summed E-state index contributed by atoms with van der Waals surface area (Å²) in [6.45, 7) is 3.73. The minimum atomic E-state index is -0.162. The molecule has 0 N–H and O–H groups in total. The summed E-state index contributed by atoms with van der Waals surface area (Å²) in [5.74, 6) is 0.462. The van der Waals surface area contributed by atoms with E-state index in [4.69, 9.17) is 16.1 Å². The van der Waals surface area contributed by atoms with Gasteiger partial charge in [-0.1, -0.05) is 35.0 Å². The summed E-state index contributed by atoms with van der Waals surface area (Å²) >= 11 is 6.10. The molecular formula is C17H18ClN3O3. The van der Waals surface area contributed by atoms with E-state index >= 15 is 0 Å². The molecule has 7 heteroatoms. The number of hydrogen-bond acceptors (Lipinski definition) is 4. The summed E-state index contributed by atoms with van der Waals surface area (Å²) in [5, 5.41) is 4.35. The van der Waals surface area contributed by atoms with Crippen LogP contribution in [0.15, 0.2) is 34.9 Å². The van der Waals surface area contributed by atoms with Crippen molar-refractivity contribution < 1.29 is 14.1 Å². The molecule has 2 aromatic rings. The van der Waals surface area contributed by atoms with E-state index in [1.165, 1.54) is 0 Å². The lowest BCUT2D eigenvalue weighted by molar-refractivity contribution is -0.131. The lowest BCUT2D eigenvalue weighted by atomic mass is 10.1. The predicted octanol–water partition coefficient (Wildman–Crippen LogP) is 2.16. The van der Waals surface area contributed by atoms with Gasteiger partial charge in [0.2, 0.25) is 5.91 Å². The third-order valence-corrected chi connectivity index (χ3v) is 4.43. The van der Waals surface area contributed by atoms with Crippen LogP contribution in [-0.4, -0.2) is 52.9 Å². The van der Waals surface area contributed by atoms with Crippen LogP contribution in [0.3, 0.4) is 0 Å². The van der Waals surface area contributed by atoms with Crippen LogP contribution in [0.25, 0.3) is 0 Å². The average Bonchev–Trinajstić information content (AvgIpc) is 3.03. The van der Waals surface area contributed by atoms with E-state index < -0.39 is 0 Å². The van der Waals surface area contributed by atoms with Crippen molar-refractivity contribution in [2.75, 3.05) is 26.2 Å². The molecule has 0 spiro atoms. The van der Waals surface area contributed by atoms with Crippen molar-refractivity contribution >= 4 is 23.4 Å². The average molecular weight is 348 g/mol. The Morgan fingerprint density at radius 3 is 2.46 bits per heavy atom. The van der Waals surface area contributed by atoms with Gasteiger partial charge in [0.25, 0.3) is 5.91 Å². The van der Waals surface area contributed by atoms with Crippen molar-refractivity contribution in [3.8, 4) is 0 Å². The SMILES string of the molecule is Cc1cc(C(=O)N2CCN(C(=O)Cc3ccccc3Cl)CC2)no1. The van der Waals surface area contributed by atoms with Crippen molar-refractivity contribution in [2.45, 2.75) is 13.3 Å². The van der Waals surface area contributed by atoms with Crippen LogP contribution in [0.2, 0.25) is 5.02 Å². The Kier molecular flexibility index (Phi) is 4.85. The van der Waals surface area contributed by atoms with Gasteiger partial charge < -0.3 is 14.3 Å². The molecule has 2 heterocycles. The van der Waals surface area contributed by atoms with Crippen LogP contribution in [0.5, 0.6) is 0 Å². The zero-order valence-corrected chi connectivity index (χ0v) is 14.1. The van der Waals surface area contributed by atoms with Gasteiger partial charge in [0.15, 0.2) is 5.69 Å². The number of aromatic nitrogens is 1. The highest BCUT2D eigenvalue weighted by Gasteiger charge is 2.26. The smallest absolute Gasteiger partial charge is 0.276 e. The number of amides is 2. The monoisotopic (exact) mass is 347 g/mol. The Hall–Kier alpha value is -2.34. The maximum atomic E-state index is 12.4. The number of carbonyl (C=O) groups is 2. The summed E-state index contributed by atoms with van der Waals surface area (Å²) in [6, 6.07) is 8.96. The molecule has 24 heavy (non-hydrogen) atoms. The molecule has 1 saturated heterocycles. The van der Waals surface area contributed by atoms with Gasteiger partial charge in [-0.2, -0.15) is 0 Å². The number of aryl methyl sites for hydroxylation is 1. The van der Waals surface area contributed by atoms with Gasteiger partial charge in [0.05, 0.1) is 6.42 Å². The lowest BCUT2D eigenvalue weighted by Crippen LogP contribution is -2.51. The lowest BCUT2D eigenvalue weighted by Gasteiger charge is -2.34. The van der Waals surface area contributed by atoms with E-state index in [2.05, 4.69) is 5.16 Å². The fourth-order valence-corrected chi connectivity index (χ4v) is 2.91. The highest BCUT2D eigenvalue weighted by Crippen LogP contribution is 2.17. The first-order chi connectivity index (χ1) is 11.5. The topological polar surface area (TPSA) is 66.7 Å². The highest BCUT2D eigenvalue weighted by atomic mass is 35.5. The third-order valence-electron chi connectivity index (χ3n) is 4.07. The summed E-state index contributed by atoms with van der Waals surface area (Å²) < 4.78 is 4.94. The van der Waals surface area contributed by atoms with Crippen LogP contribution in [0, 0.1) is 6.92 Å². The van der Waals surface area contributed by atoms with Crippen LogP contribution in [-0.2, 0) is 11.2 Å². The molecule has 126 valence electrons. The van der Waals surface area contributed by atoms with Crippen molar-refractivity contribution in [2.24, 2.45) is 0 Å². The molecule has 0 unspecified atom stereocenters. The molecule has 0 atom stereocenters. The molecule has 1 aromatic carbocycles. The predicted molar refractivity (Wildman–Crippen MR) is 88.9 cm³/mol. The molecule has 1 fully saturated rings. The first-order valence-electron chi connectivity index (χ1n) is 7.78. The number of piperazine rings is 1. The van der Waals surface area contributed by atoms with Gasteiger partial charge in [-0.15, -0.1) is 0 Å². The highest BCUT2D eigenvalue weighted by molar-refractivity contribution is 6.31. The molecule has 6 nitrogen and oxygen atoms in total. The fraction of sp³-hybridized carbons (Fsp3) is 0.353. The standard InChI is InChI=1S/C17H18ClN3O3/c1-12-10-15(19-24-12)17(23)21-8-6-20(7-9-21)16(22)11-13-4-2-3-5-14(13)18/h2-5,10H,6-9,11H2,1H3. The number of halogens is 1. The maximum absolute atomic E-state index is 12.4. The molecular weight excluding hydrogens is 330 g/mol. The Balaban J connectivity index is 1.56. The Morgan fingerprint density at radius 1 is 1.17 bits per heavy atom. The molecule has 0 saturated carbocycles. The van der Waals surface area contributed by atoms with Crippen molar-refractivity contribution in [3.05, 3.63) is 52.4 Å². The quantitative estimate of drug-likeness (QED) is 0.853. The first-order valence-corrected chi connectivity index (χ1v) is 8.16. The van der Waals surface area contributed by atoms with E-state index in [-0.39, 0.29) is 18.2 Å². The van der Waals surface area contributed by atoms with Crippen LogP contribution < -0.4 is 0 Å². The largest absolute Gasteiger partial charge is 0.361 e. The molecule has 0 bridgehead atoms. The first kappa shape index (κ1) is 16.5. The van der Waals surface area contributed by atoms with E-state index in [0.717, 1.165) is 5.56 Å². The summed E-state index contributed by atoms with van der Waals surface area (Å²) in [5.41, 5.74) is 1.13. The number of rotatable bonds is 3. The Morgan fingerprint density at radius 2 is 1.83 bits per heavy atom. The van der Waals surface area contributed by atoms with Crippen LogP contribution >= 0.6 is 11.6 Å². The van der Waals surface area contributed by atoms with Crippen molar-refractivity contribution in [1.82, 2.24) is 15.0 Å². The molecule has 0 aliphatic carbocycles. The molecule has 1 aliphatic rings. The van der Waals surface area contributed by atoms with Crippen molar-refractivity contribution in [3.63, 3.8) is 0 Å². The molecule has 0 radical (unpaired) electrons. The van der Waals surface area contributed by atoms with Crippen LogP contribution in [0.4, 0.5) is 0 Å². The zero-order valence-electron chi connectivity index (χ0n) is 13.4. The summed E-state index contributed by atoms with van der Waals surface area (Å²) in [7, 11) is 0. The molecule has 2 amide bonds. The summed E-state index contributed by atoms with van der Waals surface area (Å²) in [6.07, 6.45) is 0.274. The Labute approximate surface area is 145 Å². The number of nitrogens with zero attached hydrogens (tertiary/aromatic N) is 3. The zero-order chi connectivity index (χ0) is 17.1. The maximum Gasteiger partial charge on any atom is 0.276 e. The van der Waals surface area contributed by atoms with Gasteiger partial charge in [0, 0.05) is 37.3 Å². The Bertz CT molecular complexity index is 751. The molecule has 1 aliphatic heterocycles. The number of carbonyl (C=O) groups excluding carboxylic acids is 2. The second-order valence-corrected chi connectivity index (χ2v) is 6.17. The number of hydrogen-bond donors (Lipinski definition) is 0. The van der Waals surface area contributed by atoms with Gasteiger partial charge in [-0.25, -0.2) is 0 Å². The van der Waals surface area contributed by atoms with Gasteiger partial charge >= 0.3 is 0 Å². The number of benzene rings is 1. The van der Waals surface area contributed by atoms with Gasteiger partial charge in [-0.05, 0) is 18.6 Å². The van der Waals surface area contributed by atoms with Crippen molar-refractivity contribution in [1.29, 1.82) is 0 Å². The van der Waals surface area contributed by atoms with E-state index in [1.807, 2.05) is 18.2 Å². The second kappa shape index (κ2) is 7.05. The van der Waals surface area contributed by atoms with E-state index in [0.29, 0.717) is 42.7 Å². The second-order valence-electron chi connectivity index (χ2n) is 5.76. The molecule has 3 rings (SSSR count). The van der Waals surface area contributed by atoms with Gasteiger partial charge in [0.1, 0.15) is 5.76 Å². The molecule has 1 aromatic heterocycles. The fourth-order valence-electron chi connectivity index (χ4n) is 2.70. The van der Waals surface area contributed by atoms with E-state index in [9.17, 15) is 9.59 Å². The normalized spacial score (nSPS) is 14.8. The van der Waals surface area contributed by atoms with E-state index in [1.54, 1.807) is 28.9 Å². The minimum absolute atomic E-state index is 0.0208. The summed E-state index contributed by atoms with van der Waals surface area (Å²) in [4.78, 5) is 28.2. The third kappa shape index (κ3) is 3.59. The van der Waals surface area contributed by atoms with Gasteiger partial charge in [-0.3, -0.25) is 9.59 Å². The minimum Gasteiger partial charge on any atom is -0.361 e.